The van der Waals surface area contributed by atoms with E-state index in [2.05, 4.69) is 0 Å². The highest BCUT2D eigenvalue weighted by Gasteiger charge is 2.91. The largest absolute Gasteiger partial charge is 0.452 e. The zero-order valence-corrected chi connectivity index (χ0v) is 9.90. The molecule has 0 bridgehead atoms. The zero-order chi connectivity index (χ0) is 18.6. The van der Waals surface area contributed by atoms with Gasteiger partial charge in [0.1, 0.15) is 0 Å². The molecule has 22 heavy (non-hydrogen) atoms. The van der Waals surface area contributed by atoms with Crippen LogP contribution < -0.4 is 0 Å². The maximum Gasteiger partial charge on any atom is 0.452 e. The van der Waals surface area contributed by atoms with Gasteiger partial charge in [-0.15, -0.1) is 0 Å². The van der Waals surface area contributed by atoms with Crippen molar-refractivity contribution in [2.75, 3.05) is 0 Å². The first-order valence-electron chi connectivity index (χ1n) is 4.81. The number of alkyl halides is 13. The SMILES string of the molecule is CC(F)C(F)(F)C(F)(F)C(F)(F)C(F)(F)C(F)(F)C([O])(F)F. The molecule has 0 fully saturated rings. The second kappa shape index (κ2) is 5.03. The van der Waals surface area contributed by atoms with Crippen LogP contribution in [0.25, 0.3) is 0 Å². The van der Waals surface area contributed by atoms with Crippen LogP contribution in [0.2, 0.25) is 0 Å². The van der Waals surface area contributed by atoms with E-state index in [4.69, 9.17) is 0 Å². The molecule has 0 aliphatic heterocycles. The van der Waals surface area contributed by atoms with E-state index >= 15 is 0 Å². The highest BCUT2D eigenvalue weighted by molar-refractivity contribution is 5.11. The molecule has 0 aliphatic carbocycles. The summed E-state index contributed by atoms with van der Waals surface area (Å²) in [6.07, 6.45) is -11.5. The first-order chi connectivity index (χ1) is 9.19. The van der Waals surface area contributed by atoms with Crippen LogP contribution in [0, 0.1) is 0 Å². The molecule has 1 radical (unpaired) electrons. The molecule has 0 spiro atoms. The van der Waals surface area contributed by atoms with Crippen molar-refractivity contribution < 1.29 is 62.2 Å². The quantitative estimate of drug-likeness (QED) is 0.618. The Bertz CT molecular complexity index is 407. The lowest BCUT2D eigenvalue weighted by Crippen LogP contribution is -2.71. The van der Waals surface area contributed by atoms with Crippen LogP contribution in [-0.2, 0) is 5.11 Å². The lowest BCUT2D eigenvalue weighted by molar-refractivity contribution is -0.462. The van der Waals surface area contributed by atoms with Gasteiger partial charge in [0.15, 0.2) is 6.17 Å². The molecule has 1 atom stereocenters. The van der Waals surface area contributed by atoms with Crippen LogP contribution >= 0.6 is 0 Å². The third-order valence-electron chi connectivity index (χ3n) is 2.47. The van der Waals surface area contributed by atoms with E-state index in [9.17, 15) is 62.2 Å². The molecule has 0 N–H and O–H groups in total. The molecule has 133 valence electrons. The molecule has 0 aromatic rings. The Morgan fingerprint density at radius 1 is 0.591 bits per heavy atom. The standard InChI is InChI=1S/C8H4F13O/c1-2(9)3(10,11)4(12,13)5(14,15)6(16,17)7(18,19)8(20,21)22/h2H,1H3. The van der Waals surface area contributed by atoms with Crippen molar-refractivity contribution >= 4 is 0 Å². The van der Waals surface area contributed by atoms with E-state index in [1.54, 1.807) is 0 Å². The molecular formula is C8H4F13O. The Hall–Kier alpha value is -0.950. The third kappa shape index (κ3) is 2.48. The van der Waals surface area contributed by atoms with Gasteiger partial charge in [0.05, 0.1) is 0 Å². The molecule has 0 aromatic heterocycles. The monoisotopic (exact) mass is 363 g/mol. The van der Waals surface area contributed by atoms with Crippen molar-refractivity contribution in [3.05, 3.63) is 0 Å². The summed E-state index contributed by atoms with van der Waals surface area (Å²) in [6, 6.07) is 0. The van der Waals surface area contributed by atoms with Crippen molar-refractivity contribution in [1.82, 2.24) is 0 Å². The summed E-state index contributed by atoms with van der Waals surface area (Å²) in [4.78, 5) is 0. The number of hydrogen-bond donors (Lipinski definition) is 0. The molecule has 14 heteroatoms. The molecule has 0 saturated carbocycles. The molecule has 0 rings (SSSR count). The Kier molecular flexibility index (Phi) is 4.81. The van der Waals surface area contributed by atoms with Gasteiger partial charge in [-0.05, 0) is 6.92 Å². The van der Waals surface area contributed by atoms with Gasteiger partial charge in [0, 0.05) is 0 Å². The lowest BCUT2D eigenvalue weighted by atomic mass is 9.92. The molecular weight excluding hydrogens is 359 g/mol. The summed E-state index contributed by atoms with van der Waals surface area (Å²) in [5.74, 6) is -37.6. The van der Waals surface area contributed by atoms with Gasteiger partial charge in [-0.3, -0.25) is 0 Å². The van der Waals surface area contributed by atoms with E-state index in [-0.39, 0.29) is 0 Å². The van der Waals surface area contributed by atoms with Gasteiger partial charge in [-0.2, -0.15) is 57.8 Å². The van der Waals surface area contributed by atoms with Crippen molar-refractivity contribution in [2.45, 2.75) is 48.8 Å². The van der Waals surface area contributed by atoms with Gasteiger partial charge < -0.3 is 0 Å². The smallest absolute Gasteiger partial charge is 0.241 e. The van der Waals surface area contributed by atoms with E-state index in [1.807, 2.05) is 0 Å². The van der Waals surface area contributed by atoms with Crippen molar-refractivity contribution in [2.24, 2.45) is 0 Å². The van der Waals surface area contributed by atoms with Crippen LogP contribution in [0.5, 0.6) is 0 Å². The number of hydrogen-bond acceptors (Lipinski definition) is 0. The molecule has 0 heterocycles. The predicted molar refractivity (Wildman–Crippen MR) is 40.9 cm³/mol. The third-order valence-corrected chi connectivity index (χ3v) is 2.47. The second-order valence-electron chi connectivity index (χ2n) is 4.05. The summed E-state index contributed by atoms with van der Waals surface area (Å²) in [5.41, 5.74) is 0. The van der Waals surface area contributed by atoms with Crippen molar-refractivity contribution in [3.8, 4) is 0 Å². The van der Waals surface area contributed by atoms with Crippen LogP contribution in [0.1, 0.15) is 6.92 Å². The Morgan fingerprint density at radius 3 is 1.09 bits per heavy atom. The van der Waals surface area contributed by atoms with E-state index in [1.165, 1.54) is 0 Å². The molecule has 0 aliphatic rings. The van der Waals surface area contributed by atoms with Crippen molar-refractivity contribution in [1.29, 1.82) is 0 Å². The fourth-order valence-corrected chi connectivity index (χ4v) is 1.04. The van der Waals surface area contributed by atoms with Gasteiger partial charge in [0.2, 0.25) is 0 Å². The highest BCUT2D eigenvalue weighted by atomic mass is 19.4. The Balaban J connectivity index is 6.24. The molecule has 1 unspecified atom stereocenters. The summed E-state index contributed by atoms with van der Waals surface area (Å²) >= 11 is 0. The highest BCUT2D eigenvalue weighted by Crippen LogP contribution is 2.60. The molecule has 0 saturated heterocycles. The fourth-order valence-electron chi connectivity index (χ4n) is 1.04. The summed E-state index contributed by atoms with van der Waals surface area (Å²) in [6.45, 7) is -0.498. The van der Waals surface area contributed by atoms with Gasteiger partial charge in [0.25, 0.3) is 0 Å². The number of halogens is 13. The first kappa shape index (κ1) is 21.0. The average molecular weight is 363 g/mol. The molecule has 0 amide bonds. The second-order valence-corrected chi connectivity index (χ2v) is 4.05. The van der Waals surface area contributed by atoms with Gasteiger partial charge in [-0.1, -0.05) is 0 Å². The molecule has 1 nitrogen and oxygen atoms in total. The minimum absolute atomic E-state index is 0.498. The van der Waals surface area contributed by atoms with Crippen LogP contribution in [0.15, 0.2) is 0 Å². The fraction of sp³-hybridized carbons (Fsp3) is 1.00. The maximum atomic E-state index is 12.8. The molecule has 0 aromatic carbocycles. The summed E-state index contributed by atoms with van der Waals surface area (Å²) in [5, 5.41) is 9.53. The average Bonchev–Trinajstić information content (AvgIpc) is 2.25. The zero-order valence-electron chi connectivity index (χ0n) is 9.90. The van der Waals surface area contributed by atoms with E-state index in [0.29, 0.717) is 0 Å². The summed E-state index contributed by atoms with van der Waals surface area (Å²) in [7, 11) is 0. The van der Waals surface area contributed by atoms with E-state index < -0.39 is 48.8 Å². The minimum Gasteiger partial charge on any atom is -0.241 e. The van der Waals surface area contributed by atoms with Gasteiger partial charge in [-0.25, -0.2) is 4.39 Å². The predicted octanol–water partition coefficient (Wildman–Crippen LogP) is 4.54. The maximum absolute atomic E-state index is 12.8. The topological polar surface area (TPSA) is 19.9 Å². The van der Waals surface area contributed by atoms with Crippen molar-refractivity contribution in [3.63, 3.8) is 0 Å². The van der Waals surface area contributed by atoms with Crippen LogP contribution in [0.4, 0.5) is 57.1 Å². The van der Waals surface area contributed by atoms with Crippen LogP contribution in [0.3, 0.4) is 0 Å². The summed E-state index contributed by atoms with van der Waals surface area (Å²) < 4.78 is 162. The lowest BCUT2D eigenvalue weighted by Gasteiger charge is -2.40. The normalized spacial score (nSPS) is 17.6. The first-order valence-corrected chi connectivity index (χ1v) is 4.81. The van der Waals surface area contributed by atoms with Crippen LogP contribution in [-0.4, -0.2) is 41.9 Å². The van der Waals surface area contributed by atoms with Gasteiger partial charge >= 0.3 is 35.7 Å². The number of rotatable bonds is 6. The van der Waals surface area contributed by atoms with E-state index in [0.717, 1.165) is 0 Å². The Morgan fingerprint density at radius 2 is 0.864 bits per heavy atom. The Labute approximate surface area is 112 Å². The minimum atomic E-state index is -7.92.